The Labute approximate surface area is 110 Å². The third-order valence-electron chi connectivity index (χ3n) is 2.44. The molecule has 0 bridgehead atoms. The third kappa shape index (κ3) is 2.81. The monoisotopic (exact) mass is 261 g/mol. The molecule has 18 heavy (non-hydrogen) atoms. The Hall–Kier alpha value is -2.00. The second-order valence-electron chi connectivity index (χ2n) is 3.67. The Balaban J connectivity index is 2.32. The van der Waals surface area contributed by atoms with E-state index in [0.29, 0.717) is 16.3 Å². The van der Waals surface area contributed by atoms with Crippen molar-refractivity contribution in [3.05, 3.63) is 59.1 Å². The molecule has 0 spiro atoms. The highest BCUT2D eigenvalue weighted by atomic mass is 35.5. The number of benzene rings is 2. The van der Waals surface area contributed by atoms with Crippen LogP contribution in [-0.2, 0) is 4.74 Å². The van der Waals surface area contributed by atoms with E-state index in [2.05, 4.69) is 5.32 Å². The van der Waals surface area contributed by atoms with Gasteiger partial charge in [0.15, 0.2) is 0 Å². The first-order valence-electron chi connectivity index (χ1n) is 5.40. The summed E-state index contributed by atoms with van der Waals surface area (Å²) in [5.74, 6) is -0.375. The van der Waals surface area contributed by atoms with Crippen molar-refractivity contribution in [2.45, 2.75) is 0 Å². The van der Waals surface area contributed by atoms with E-state index in [1.807, 2.05) is 24.3 Å². The number of hydrogen-bond acceptors (Lipinski definition) is 3. The van der Waals surface area contributed by atoms with Crippen LogP contribution in [0.1, 0.15) is 10.4 Å². The number of anilines is 2. The van der Waals surface area contributed by atoms with Gasteiger partial charge in [0, 0.05) is 10.7 Å². The molecule has 92 valence electrons. The molecule has 0 saturated carbocycles. The van der Waals surface area contributed by atoms with Crippen molar-refractivity contribution in [2.75, 3.05) is 12.4 Å². The van der Waals surface area contributed by atoms with Gasteiger partial charge in [0.25, 0.3) is 0 Å². The van der Waals surface area contributed by atoms with Gasteiger partial charge in [-0.05, 0) is 30.3 Å². The van der Waals surface area contributed by atoms with Crippen LogP contribution in [0.25, 0.3) is 0 Å². The zero-order valence-electron chi connectivity index (χ0n) is 9.81. The van der Waals surface area contributed by atoms with Gasteiger partial charge in [-0.1, -0.05) is 29.8 Å². The lowest BCUT2D eigenvalue weighted by Crippen LogP contribution is -2.05. The summed E-state index contributed by atoms with van der Waals surface area (Å²) in [6, 6.07) is 14.4. The summed E-state index contributed by atoms with van der Waals surface area (Å²) in [7, 11) is 1.36. The van der Waals surface area contributed by atoms with Gasteiger partial charge in [-0.25, -0.2) is 4.79 Å². The topological polar surface area (TPSA) is 38.3 Å². The summed E-state index contributed by atoms with van der Waals surface area (Å²) >= 11 is 5.91. The van der Waals surface area contributed by atoms with Crippen LogP contribution in [0.15, 0.2) is 48.5 Å². The van der Waals surface area contributed by atoms with Crippen molar-refractivity contribution in [1.82, 2.24) is 0 Å². The summed E-state index contributed by atoms with van der Waals surface area (Å²) < 4.78 is 4.73. The van der Waals surface area contributed by atoms with Gasteiger partial charge in [0.1, 0.15) is 0 Å². The lowest BCUT2D eigenvalue weighted by atomic mass is 10.1. The molecule has 0 heterocycles. The van der Waals surface area contributed by atoms with Crippen LogP contribution in [0.5, 0.6) is 0 Å². The number of methoxy groups -OCH3 is 1. The smallest absolute Gasteiger partial charge is 0.339 e. The van der Waals surface area contributed by atoms with Crippen molar-refractivity contribution in [2.24, 2.45) is 0 Å². The molecule has 2 aromatic rings. The first-order chi connectivity index (χ1) is 8.70. The first kappa shape index (κ1) is 12.5. The largest absolute Gasteiger partial charge is 0.465 e. The first-order valence-corrected chi connectivity index (χ1v) is 5.78. The van der Waals surface area contributed by atoms with Crippen molar-refractivity contribution >= 4 is 28.9 Å². The van der Waals surface area contributed by atoms with Crippen molar-refractivity contribution in [3.63, 3.8) is 0 Å². The van der Waals surface area contributed by atoms with E-state index < -0.39 is 0 Å². The van der Waals surface area contributed by atoms with Crippen molar-refractivity contribution < 1.29 is 9.53 Å². The second-order valence-corrected chi connectivity index (χ2v) is 4.11. The SMILES string of the molecule is COC(=O)c1ccccc1Nc1cccc(Cl)c1. The van der Waals surface area contributed by atoms with Crippen LogP contribution >= 0.6 is 11.6 Å². The number of halogens is 1. The van der Waals surface area contributed by atoms with Crippen LogP contribution in [0.2, 0.25) is 5.02 Å². The van der Waals surface area contributed by atoms with E-state index in [9.17, 15) is 4.79 Å². The number of ether oxygens (including phenoxy) is 1. The molecule has 0 unspecified atom stereocenters. The number of para-hydroxylation sites is 1. The van der Waals surface area contributed by atoms with Crippen LogP contribution < -0.4 is 5.32 Å². The van der Waals surface area contributed by atoms with E-state index in [1.165, 1.54) is 7.11 Å². The molecule has 3 nitrogen and oxygen atoms in total. The van der Waals surface area contributed by atoms with E-state index in [0.717, 1.165) is 5.69 Å². The van der Waals surface area contributed by atoms with Gasteiger partial charge in [-0.2, -0.15) is 0 Å². The zero-order chi connectivity index (χ0) is 13.0. The standard InChI is InChI=1S/C14H12ClNO2/c1-18-14(17)12-7-2-3-8-13(12)16-11-6-4-5-10(15)9-11/h2-9,16H,1H3. The third-order valence-corrected chi connectivity index (χ3v) is 2.67. The van der Waals surface area contributed by atoms with Gasteiger partial charge < -0.3 is 10.1 Å². The van der Waals surface area contributed by atoms with E-state index in [-0.39, 0.29) is 5.97 Å². The fourth-order valence-electron chi connectivity index (χ4n) is 1.60. The molecule has 0 aliphatic rings. The molecule has 2 aromatic carbocycles. The molecule has 4 heteroatoms. The minimum atomic E-state index is -0.375. The highest BCUT2D eigenvalue weighted by molar-refractivity contribution is 6.30. The minimum Gasteiger partial charge on any atom is -0.465 e. The highest BCUT2D eigenvalue weighted by Gasteiger charge is 2.10. The molecule has 0 radical (unpaired) electrons. The molecule has 0 amide bonds. The molecule has 1 N–H and O–H groups in total. The fourth-order valence-corrected chi connectivity index (χ4v) is 1.79. The Kier molecular flexibility index (Phi) is 3.85. The molecule has 0 aliphatic carbocycles. The van der Waals surface area contributed by atoms with E-state index in [4.69, 9.17) is 16.3 Å². The number of rotatable bonds is 3. The zero-order valence-corrected chi connectivity index (χ0v) is 10.6. The normalized spacial score (nSPS) is 9.89. The quantitative estimate of drug-likeness (QED) is 0.853. The van der Waals surface area contributed by atoms with E-state index >= 15 is 0 Å². The molecular formula is C14H12ClNO2. The number of carbonyl (C=O) groups excluding carboxylic acids is 1. The Morgan fingerprint density at radius 2 is 1.94 bits per heavy atom. The molecular weight excluding hydrogens is 250 g/mol. The number of carbonyl (C=O) groups is 1. The average Bonchev–Trinajstić information content (AvgIpc) is 2.38. The van der Waals surface area contributed by atoms with Crippen LogP contribution in [0, 0.1) is 0 Å². The molecule has 0 fully saturated rings. The number of hydrogen-bond donors (Lipinski definition) is 1. The fraction of sp³-hybridized carbons (Fsp3) is 0.0714. The predicted molar refractivity (Wildman–Crippen MR) is 72.5 cm³/mol. The maximum Gasteiger partial charge on any atom is 0.339 e. The molecule has 0 saturated heterocycles. The lowest BCUT2D eigenvalue weighted by molar-refractivity contribution is 0.0602. The Morgan fingerprint density at radius 1 is 1.17 bits per heavy atom. The maximum atomic E-state index is 11.6. The molecule has 0 aromatic heterocycles. The van der Waals surface area contributed by atoms with Gasteiger partial charge in [0.2, 0.25) is 0 Å². The van der Waals surface area contributed by atoms with Gasteiger partial charge in [-0.15, -0.1) is 0 Å². The maximum absolute atomic E-state index is 11.6. The van der Waals surface area contributed by atoms with Gasteiger partial charge >= 0.3 is 5.97 Å². The Morgan fingerprint density at radius 3 is 2.67 bits per heavy atom. The summed E-state index contributed by atoms with van der Waals surface area (Å²) in [4.78, 5) is 11.6. The van der Waals surface area contributed by atoms with Crippen molar-refractivity contribution in [3.8, 4) is 0 Å². The average molecular weight is 262 g/mol. The number of esters is 1. The summed E-state index contributed by atoms with van der Waals surface area (Å²) in [6.07, 6.45) is 0. The van der Waals surface area contributed by atoms with E-state index in [1.54, 1.807) is 24.3 Å². The summed E-state index contributed by atoms with van der Waals surface area (Å²) in [6.45, 7) is 0. The lowest BCUT2D eigenvalue weighted by Gasteiger charge is -2.10. The van der Waals surface area contributed by atoms with Crippen LogP contribution in [0.3, 0.4) is 0 Å². The number of nitrogens with one attached hydrogen (secondary N) is 1. The van der Waals surface area contributed by atoms with Gasteiger partial charge in [-0.3, -0.25) is 0 Å². The van der Waals surface area contributed by atoms with Crippen molar-refractivity contribution in [1.29, 1.82) is 0 Å². The Bertz CT molecular complexity index is 569. The molecule has 2 rings (SSSR count). The summed E-state index contributed by atoms with van der Waals surface area (Å²) in [5.41, 5.74) is 1.99. The molecule has 0 atom stereocenters. The molecule has 0 aliphatic heterocycles. The van der Waals surface area contributed by atoms with Crippen LogP contribution in [0.4, 0.5) is 11.4 Å². The second kappa shape index (κ2) is 5.56. The van der Waals surface area contributed by atoms with Crippen LogP contribution in [-0.4, -0.2) is 13.1 Å². The van der Waals surface area contributed by atoms with Gasteiger partial charge in [0.05, 0.1) is 18.4 Å². The minimum absolute atomic E-state index is 0.375. The predicted octanol–water partition coefficient (Wildman–Crippen LogP) is 3.87. The summed E-state index contributed by atoms with van der Waals surface area (Å²) in [5, 5.41) is 3.78. The highest BCUT2D eigenvalue weighted by Crippen LogP contribution is 2.23.